The molecule has 1 fully saturated rings. The number of likely N-dealkylation sites (tertiary alicyclic amines) is 1. The quantitative estimate of drug-likeness (QED) is 0.828. The molecule has 1 N–H and O–H groups in total. The summed E-state index contributed by atoms with van der Waals surface area (Å²) in [6, 6.07) is 2.76. The summed E-state index contributed by atoms with van der Waals surface area (Å²) < 4.78 is 54.4. The van der Waals surface area contributed by atoms with Crippen LogP contribution in [-0.4, -0.2) is 39.3 Å². The van der Waals surface area contributed by atoms with Crippen molar-refractivity contribution in [3.8, 4) is 0 Å². The maximum Gasteiger partial charge on any atom is 0.416 e. The number of rotatable bonds is 3. The zero-order valence-electron chi connectivity index (χ0n) is 14.8. The number of piperidine rings is 1. The molecule has 1 aromatic carbocycles. The molecule has 5 nitrogen and oxygen atoms in total. The summed E-state index contributed by atoms with van der Waals surface area (Å²) in [4.78, 5) is 2.07. The van der Waals surface area contributed by atoms with Crippen LogP contribution in [0.2, 0.25) is 0 Å². The van der Waals surface area contributed by atoms with Gasteiger partial charge in [0.05, 0.1) is 12.1 Å². The lowest BCUT2D eigenvalue weighted by Gasteiger charge is -2.32. The number of aromatic nitrogens is 3. The minimum absolute atomic E-state index is 0.304. The normalized spacial score (nSPS) is 19.3. The van der Waals surface area contributed by atoms with Crippen molar-refractivity contribution in [3.05, 3.63) is 46.8 Å². The van der Waals surface area contributed by atoms with Gasteiger partial charge in [0.2, 0.25) is 0 Å². The molecule has 2 aromatic rings. The van der Waals surface area contributed by atoms with Crippen molar-refractivity contribution in [2.45, 2.75) is 44.6 Å². The Morgan fingerprint density at radius 1 is 1.07 bits per heavy atom. The van der Waals surface area contributed by atoms with Crippen molar-refractivity contribution < 1.29 is 17.6 Å². The maximum absolute atomic E-state index is 13.6. The summed E-state index contributed by atoms with van der Waals surface area (Å²) in [6.07, 6.45) is -2.80. The summed E-state index contributed by atoms with van der Waals surface area (Å²) in [6.45, 7) is 4.29. The van der Waals surface area contributed by atoms with Crippen LogP contribution in [0.1, 0.15) is 41.5 Å². The molecule has 0 spiro atoms. The fourth-order valence-corrected chi connectivity index (χ4v) is 3.93. The average Bonchev–Trinajstić information content (AvgIpc) is 3.05. The lowest BCUT2D eigenvalue weighted by molar-refractivity contribution is -0.137. The molecule has 2 aliphatic rings. The molecule has 146 valence electrons. The van der Waals surface area contributed by atoms with Crippen molar-refractivity contribution >= 4 is 0 Å². The van der Waals surface area contributed by atoms with E-state index in [9.17, 15) is 17.6 Å². The molecular weight excluding hydrogens is 362 g/mol. The number of hydrogen-bond donors (Lipinski definition) is 1. The summed E-state index contributed by atoms with van der Waals surface area (Å²) >= 11 is 0. The Labute approximate surface area is 154 Å². The van der Waals surface area contributed by atoms with Gasteiger partial charge in [-0.05, 0) is 49.7 Å². The first kappa shape index (κ1) is 18.4. The van der Waals surface area contributed by atoms with Crippen LogP contribution in [-0.2, 0) is 25.8 Å². The average molecular weight is 383 g/mol. The highest BCUT2D eigenvalue weighted by Crippen LogP contribution is 2.32. The van der Waals surface area contributed by atoms with Gasteiger partial charge in [-0.2, -0.15) is 13.2 Å². The fourth-order valence-electron chi connectivity index (χ4n) is 3.93. The first-order chi connectivity index (χ1) is 12.9. The monoisotopic (exact) mass is 383 g/mol. The molecule has 0 atom stereocenters. The second-order valence-electron chi connectivity index (χ2n) is 7.20. The summed E-state index contributed by atoms with van der Waals surface area (Å²) in [5, 5.41) is 11.9. The van der Waals surface area contributed by atoms with E-state index < -0.39 is 17.6 Å². The molecular formula is C18H21F4N5. The number of hydrogen-bond acceptors (Lipinski definition) is 4. The van der Waals surface area contributed by atoms with Crippen LogP contribution in [0.4, 0.5) is 17.6 Å². The van der Waals surface area contributed by atoms with Gasteiger partial charge in [-0.25, -0.2) is 4.39 Å². The van der Waals surface area contributed by atoms with Crippen LogP contribution < -0.4 is 5.32 Å². The third-order valence-electron chi connectivity index (χ3n) is 5.30. The van der Waals surface area contributed by atoms with Crippen LogP contribution in [0, 0.1) is 5.82 Å². The summed E-state index contributed by atoms with van der Waals surface area (Å²) in [5.74, 6) is 1.42. The Morgan fingerprint density at radius 2 is 1.85 bits per heavy atom. The number of fused-ring (bicyclic) bond motifs is 1. The minimum atomic E-state index is -4.54. The van der Waals surface area contributed by atoms with E-state index in [1.165, 1.54) is 6.07 Å². The Morgan fingerprint density at radius 3 is 2.59 bits per heavy atom. The standard InChI is InChI=1S/C18H21F4N5/c19-15-8-12(7-14(9-15)18(20,21)22)11-26-4-1-13(2-5-26)17-25-24-16-10-23-3-6-27(16)17/h7-9,13,23H,1-6,10-11H2. The molecule has 3 heterocycles. The van der Waals surface area contributed by atoms with Gasteiger partial charge in [0.25, 0.3) is 0 Å². The van der Waals surface area contributed by atoms with E-state index >= 15 is 0 Å². The molecule has 9 heteroatoms. The van der Waals surface area contributed by atoms with E-state index in [1.54, 1.807) is 0 Å². The van der Waals surface area contributed by atoms with Crippen LogP contribution >= 0.6 is 0 Å². The number of alkyl halides is 3. The van der Waals surface area contributed by atoms with Crippen molar-refractivity contribution in [1.29, 1.82) is 0 Å². The van der Waals surface area contributed by atoms with Gasteiger partial charge in [-0.1, -0.05) is 0 Å². The van der Waals surface area contributed by atoms with E-state index in [1.807, 2.05) is 0 Å². The number of nitrogens with one attached hydrogen (secondary N) is 1. The summed E-state index contributed by atoms with van der Waals surface area (Å²) in [5.41, 5.74) is -0.581. The number of nitrogens with zero attached hydrogens (tertiary/aromatic N) is 4. The molecule has 1 aromatic heterocycles. The second kappa shape index (κ2) is 7.20. The van der Waals surface area contributed by atoms with E-state index in [-0.39, 0.29) is 0 Å². The fraction of sp³-hybridized carbons (Fsp3) is 0.556. The minimum Gasteiger partial charge on any atom is -0.312 e. The van der Waals surface area contributed by atoms with Crippen LogP contribution in [0.5, 0.6) is 0 Å². The zero-order valence-corrected chi connectivity index (χ0v) is 14.8. The SMILES string of the molecule is Fc1cc(CN2CCC(c3nnc4n3CCNC4)CC2)cc(C(F)(F)F)c1. The zero-order chi connectivity index (χ0) is 19.0. The molecule has 0 bridgehead atoms. The van der Waals surface area contributed by atoms with Gasteiger partial charge in [-0.3, -0.25) is 4.90 Å². The smallest absolute Gasteiger partial charge is 0.312 e. The predicted octanol–water partition coefficient (Wildman–Crippen LogP) is 2.92. The third-order valence-corrected chi connectivity index (χ3v) is 5.30. The molecule has 0 saturated carbocycles. The lowest BCUT2D eigenvalue weighted by Crippen LogP contribution is -2.34. The molecule has 4 rings (SSSR count). The number of benzene rings is 1. The molecule has 1 saturated heterocycles. The van der Waals surface area contributed by atoms with Gasteiger partial charge in [-0.15, -0.1) is 10.2 Å². The van der Waals surface area contributed by atoms with Crippen molar-refractivity contribution in [2.24, 2.45) is 0 Å². The van der Waals surface area contributed by atoms with Crippen molar-refractivity contribution in [3.63, 3.8) is 0 Å². The molecule has 0 aliphatic carbocycles. The Kier molecular flexibility index (Phi) is 4.90. The van der Waals surface area contributed by atoms with Gasteiger partial charge in [0, 0.05) is 25.6 Å². The van der Waals surface area contributed by atoms with Gasteiger partial charge < -0.3 is 9.88 Å². The highest BCUT2D eigenvalue weighted by Gasteiger charge is 2.32. The first-order valence-corrected chi connectivity index (χ1v) is 9.12. The lowest BCUT2D eigenvalue weighted by atomic mass is 9.95. The molecule has 0 unspecified atom stereocenters. The largest absolute Gasteiger partial charge is 0.416 e. The Balaban J connectivity index is 1.40. The molecule has 27 heavy (non-hydrogen) atoms. The van der Waals surface area contributed by atoms with Crippen LogP contribution in [0.25, 0.3) is 0 Å². The van der Waals surface area contributed by atoms with Crippen LogP contribution in [0.15, 0.2) is 18.2 Å². The topological polar surface area (TPSA) is 46.0 Å². The Bertz CT molecular complexity index is 809. The van der Waals surface area contributed by atoms with E-state index in [0.29, 0.717) is 24.1 Å². The van der Waals surface area contributed by atoms with E-state index in [4.69, 9.17) is 0 Å². The van der Waals surface area contributed by atoms with Gasteiger partial charge in [0.15, 0.2) is 0 Å². The highest BCUT2D eigenvalue weighted by molar-refractivity contribution is 5.27. The maximum atomic E-state index is 13.6. The van der Waals surface area contributed by atoms with Crippen LogP contribution in [0.3, 0.4) is 0 Å². The third kappa shape index (κ3) is 3.98. The second-order valence-corrected chi connectivity index (χ2v) is 7.20. The molecule has 0 amide bonds. The van der Waals surface area contributed by atoms with Gasteiger partial charge in [0.1, 0.15) is 17.5 Å². The van der Waals surface area contributed by atoms with E-state index in [2.05, 4.69) is 25.0 Å². The van der Waals surface area contributed by atoms with Gasteiger partial charge >= 0.3 is 6.18 Å². The molecule has 2 aliphatic heterocycles. The number of halogens is 4. The molecule has 0 radical (unpaired) electrons. The highest BCUT2D eigenvalue weighted by atomic mass is 19.4. The first-order valence-electron chi connectivity index (χ1n) is 9.12. The Hall–Kier alpha value is -2.00. The van der Waals surface area contributed by atoms with Crippen molar-refractivity contribution in [1.82, 2.24) is 25.0 Å². The summed E-state index contributed by atoms with van der Waals surface area (Å²) in [7, 11) is 0. The van der Waals surface area contributed by atoms with E-state index in [0.717, 1.165) is 63.3 Å². The predicted molar refractivity (Wildman–Crippen MR) is 90.4 cm³/mol. The van der Waals surface area contributed by atoms with Crippen molar-refractivity contribution in [2.75, 3.05) is 19.6 Å².